The minimum atomic E-state index is -3.74. The number of hydrogen-bond acceptors (Lipinski definition) is 5. The fourth-order valence-electron chi connectivity index (χ4n) is 3.09. The van der Waals surface area contributed by atoms with Gasteiger partial charge in [-0.15, -0.1) is 0 Å². The molecule has 1 heterocycles. The molecule has 0 aliphatic carbocycles. The number of halogens is 1. The van der Waals surface area contributed by atoms with Crippen LogP contribution in [-0.2, 0) is 26.1 Å². The van der Waals surface area contributed by atoms with Crippen molar-refractivity contribution in [1.82, 2.24) is 14.2 Å². The van der Waals surface area contributed by atoms with Gasteiger partial charge in [0.25, 0.3) is 10.0 Å². The van der Waals surface area contributed by atoms with Crippen molar-refractivity contribution in [3.63, 3.8) is 0 Å². The predicted octanol–water partition coefficient (Wildman–Crippen LogP) is 3.51. The summed E-state index contributed by atoms with van der Waals surface area (Å²) in [5.74, 6) is -0.230. The highest BCUT2D eigenvalue weighted by atomic mass is 35.5. The number of nitrogens with one attached hydrogen (secondary N) is 1. The molecule has 1 amide bonds. The van der Waals surface area contributed by atoms with Crippen molar-refractivity contribution >= 4 is 33.2 Å². The van der Waals surface area contributed by atoms with Gasteiger partial charge in [-0.3, -0.25) is 9.63 Å². The van der Waals surface area contributed by atoms with Crippen LogP contribution in [0.3, 0.4) is 0 Å². The second-order valence-corrected chi connectivity index (χ2v) is 9.26. The summed E-state index contributed by atoms with van der Waals surface area (Å²) in [6.45, 7) is 3.76. The fourth-order valence-corrected chi connectivity index (χ4v) is 4.19. The van der Waals surface area contributed by atoms with Gasteiger partial charge in [-0.05, 0) is 62.4 Å². The number of aryl methyl sites for hydroxylation is 1. The molecule has 0 radical (unpaired) electrons. The third-order valence-electron chi connectivity index (χ3n) is 4.88. The molecule has 0 saturated heterocycles. The number of sulfonamides is 1. The van der Waals surface area contributed by atoms with Gasteiger partial charge in [-0.1, -0.05) is 16.1 Å². The summed E-state index contributed by atoms with van der Waals surface area (Å²) < 4.78 is 27.0. The van der Waals surface area contributed by atoms with Crippen LogP contribution in [0.2, 0.25) is 5.02 Å². The summed E-state index contributed by atoms with van der Waals surface area (Å²) in [7, 11) is -1.17. The van der Waals surface area contributed by atoms with Crippen LogP contribution in [0.5, 0.6) is 0 Å². The Morgan fingerprint density at radius 3 is 2.32 bits per heavy atom. The molecule has 10 heteroatoms. The van der Waals surface area contributed by atoms with Crippen LogP contribution in [0.1, 0.15) is 17.0 Å². The van der Waals surface area contributed by atoms with Crippen LogP contribution in [0.25, 0.3) is 5.69 Å². The second-order valence-electron chi connectivity index (χ2n) is 6.88. The Balaban J connectivity index is 1.74. The summed E-state index contributed by atoms with van der Waals surface area (Å²) in [5, 5.41) is 7.97. The topological polar surface area (TPSA) is 93.5 Å². The van der Waals surface area contributed by atoms with Gasteiger partial charge in [0.2, 0.25) is 5.91 Å². The van der Waals surface area contributed by atoms with Gasteiger partial charge >= 0.3 is 0 Å². The van der Waals surface area contributed by atoms with Crippen LogP contribution >= 0.6 is 11.6 Å². The van der Waals surface area contributed by atoms with Crippen molar-refractivity contribution in [2.75, 3.05) is 19.5 Å². The molecule has 3 rings (SSSR count). The van der Waals surface area contributed by atoms with E-state index in [1.807, 2.05) is 26.0 Å². The first kappa shape index (κ1) is 23.0. The van der Waals surface area contributed by atoms with Crippen molar-refractivity contribution < 1.29 is 18.0 Å². The number of rotatable bonds is 7. The lowest BCUT2D eigenvalue weighted by molar-refractivity contribution is -0.115. The molecule has 0 saturated carbocycles. The Bertz CT molecular complexity index is 1190. The fraction of sp³-hybridized carbons (Fsp3) is 0.238. The van der Waals surface area contributed by atoms with E-state index < -0.39 is 10.0 Å². The van der Waals surface area contributed by atoms with E-state index in [0.717, 1.165) is 27.1 Å². The van der Waals surface area contributed by atoms with Gasteiger partial charge in [0.15, 0.2) is 0 Å². The molecule has 0 aliphatic rings. The van der Waals surface area contributed by atoms with Crippen molar-refractivity contribution in [1.29, 1.82) is 0 Å². The maximum atomic E-state index is 12.6. The Morgan fingerprint density at radius 2 is 1.74 bits per heavy atom. The van der Waals surface area contributed by atoms with E-state index in [-0.39, 0.29) is 17.2 Å². The largest absolute Gasteiger partial charge is 0.326 e. The third kappa shape index (κ3) is 4.96. The maximum Gasteiger partial charge on any atom is 0.264 e. The summed E-state index contributed by atoms with van der Waals surface area (Å²) in [4.78, 5) is 17.4. The molecule has 0 spiro atoms. The van der Waals surface area contributed by atoms with Gasteiger partial charge in [0, 0.05) is 29.0 Å². The zero-order chi connectivity index (χ0) is 22.8. The van der Waals surface area contributed by atoms with Crippen LogP contribution in [0.15, 0.2) is 53.4 Å². The van der Waals surface area contributed by atoms with E-state index in [2.05, 4.69) is 10.4 Å². The molecule has 0 unspecified atom stereocenters. The summed E-state index contributed by atoms with van der Waals surface area (Å²) in [6, 6.07) is 13.2. The van der Waals surface area contributed by atoms with Gasteiger partial charge in [-0.2, -0.15) is 5.10 Å². The number of hydrogen-bond donors (Lipinski definition) is 1. The highest BCUT2D eigenvalue weighted by Crippen LogP contribution is 2.21. The molecule has 0 fully saturated rings. The molecule has 2 aromatic carbocycles. The third-order valence-corrected chi connectivity index (χ3v) is 6.83. The predicted molar refractivity (Wildman–Crippen MR) is 119 cm³/mol. The molecule has 3 aromatic rings. The van der Waals surface area contributed by atoms with Gasteiger partial charge < -0.3 is 5.32 Å². The average molecular weight is 463 g/mol. The smallest absolute Gasteiger partial charge is 0.264 e. The zero-order valence-electron chi connectivity index (χ0n) is 17.6. The first-order valence-electron chi connectivity index (χ1n) is 9.37. The van der Waals surface area contributed by atoms with E-state index in [0.29, 0.717) is 10.7 Å². The van der Waals surface area contributed by atoms with Crippen molar-refractivity contribution in [3.8, 4) is 5.69 Å². The second kappa shape index (κ2) is 9.19. The van der Waals surface area contributed by atoms with Crippen LogP contribution < -0.4 is 5.32 Å². The molecular formula is C21H23ClN4O4S. The number of anilines is 1. The van der Waals surface area contributed by atoms with E-state index in [1.54, 1.807) is 16.8 Å². The van der Waals surface area contributed by atoms with Gasteiger partial charge in [0.05, 0.1) is 29.8 Å². The summed E-state index contributed by atoms with van der Waals surface area (Å²) in [6.07, 6.45) is 0.137. The summed E-state index contributed by atoms with van der Waals surface area (Å²) in [5.41, 5.74) is 3.79. The quantitative estimate of drug-likeness (QED) is 0.542. The van der Waals surface area contributed by atoms with E-state index in [4.69, 9.17) is 16.4 Å². The Labute approximate surface area is 186 Å². The minimum absolute atomic E-state index is 0.0609. The number of carbonyl (C=O) groups excluding carboxylic acids is 1. The van der Waals surface area contributed by atoms with E-state index >= 15 is 0 Å². The molecular weight excluding hydrogens is 440 g/mol. The molecule has 31 heavy (non-hydrogen) atoms. The number of hydroxylamine groups is 1. The lowest BCUT2D eigenvalue weighted by atomic mass is 10.1. The standard InChI is InChI=1S/C21H23ClN4O4S/c1-14-20(15(2)26(24-14)18-9-5-16(22)6-10-18)13-21(27)23-17-7-11-19(12-8-17)31(28,29)25(3)30-4/h5-12H,13H2,1-4H3,(H,23,27). The summed E-state index contributed by atoms with van der Waals surface area (Å²) >= 11 is 5.95. The number of nitrogens with zero attached hydrogens (tertiary/aromatic N) is 3. The van der Waals surface area contributed by atoms with E-state index in [1.165, 1.54) is 38.4 Å². The number of amides is 1. The highest BCUT2D eigenvalue weighted by molar-refractivity contribution is 7.89. The zero-order valence-corrected chi connectivity index (χ0v) is 19.2. The normalized spacial score (nSPS) is 11.7. The Hall–Kier alpha value is -2.72. The molecule has 164 valence electrons. The SMILES string of the molecule is CON(C)S(=O)(=O)c1ccc(NC(=O)Cc2c(C)nn(-c3ccc(Cl)cc3)c2C)cc1. The lowest BCUT2D eigenvalue weighted by Crippen LogP contribution is -2.25. The van der Waals surface area contributed by atoms with Crippen LogP contribution in [0.4, 0.5) is 5.69 Å². The maximum absolute atomic E-state index is 12.6. The molecule has 1 N–H and O–H groups in total. The lowest BCUT2D eigenvalue weighted by Gasteiger charge is -2.14. The first-order chi connectivity index (χ1) is 14.6. The monoisotopic (exact) mass is 462 g/mol. The minimum Gasteiger partial charge on any atom is -0.326 e. The van der Waals surface area contributed by atoms with E-state index in [9.17, 15) is 13.2 Å². The molecule has 0 aliphatic heterocycles. The van der Waals surface area contributed by atoms with Crippen molar-refractivity contribution in [2.24, 2.45) is 0 Å². The Morgan fingerprint density at radius 1 is 1.13 bits per heavy atom. The number of benzene rings is 2. The van der Waals surface area contributed by atoms with Crippen LogP contribution in [0, 0.1) is 13.8 Å². The molecule has 1 aromatic heterocycles. The van der Waals surface area contributed by atoms with Gasteiger partial charge in [0.1, 0.15) is 0 Å². The Kier molecular flexibility index (Phi) is 6.80. The number of aromatic nitrogens is 2. The van der Waals surface area contributed by atoms with Gasteiger partial charge in [-0.25, -0.2) is 13.1 Å². The first-order valence-corrected chi connectivity index (χ1v) is 11.2. The molecule has 0 atom stereocenters. The molecule has 0 bridgehead atoms. The van der Waals surface area contributed by atoms with Crippen molar-refractivity contribution in [3.05, 3.63) is 70.5 Å². The highest BCUT2D eigenvalue weighted by Gasteiger charge is 2.21. The number of carbonyl (C=O) groups is 1. The van der Waals surface area contributed by atoms with Crippen LogP contribution in [-0.4, -0.2) is 42.7 Å². The van der Waals surface area contributed by atoms with Crippen molar-refractivity contribution in [2.45, 2.75) is 25.2 Å². The average Bonchev–Trinajstić information content (AvgIpc) is 3.02. The molecule has 8 nitrogen and oxygen atoms in total.